The summed E-state index contributed by atoms with van der Waals surface area (Å²) in [6, 6.07) is 0. The molecule has 0 aromatic heterocycles. The quantitative estimate of drug-likeness (QED) is 0.581. The van der Waals surface area contributed by atoms with Crippen molar-refractivity contribution >= 4 is 8.32 Å². The van der Waals surface area contributed by atoms with E-state index in [1.54, 1.807) is 14.2 Å². The van der Waals surface area contributed by atoms with Crippen LogP contribution in [0, 0.1) is 5.41 Å². The van der Waals surface area contributed by atoms with Crippen LogP contribution in [0.4, 0.5) is 0 Å². The molecule has 0 aromatic carbocycles. The van der Waals surface area contributed by atoms with Gasteiger partial charge in [0.1, 0.15) is 5.76 Å². The summed E-state index contributed by atoms with van der Waals surface area (Å²) in [7, 11) is 1.73. The van der Waals surface area contributed by atoms with Crippen LogP contribution in [0.25, 0.3) is 0 Å². The van der Waals surface area contributed by atoms with Crippen LogP contribution in [0.2, 0.25) is 19.6 Å². The molecule has 5 heteroatoms. The van der Waals surface area contributed by atoms with Crippen molar-refractivity contribution in [2.45, 2.75) is 76.2 Å². The number of hydrogen-bond acceptors (Lipinski definition) is 4. The molecule has 2 heterocycles. The standard InChI is InChI=1S/C17H30O4Si/c1-15-10-7-11-16(18-2,19-3)17(15)14(21-22(4,5)6)9-8-13(12-15)20-17/h9,13H,7-8,10-12H2,1-6H3/t13-,15-,17+/m0/s1. The second-order valence-electron chi connectivity index (χ2n) is 8.22. The monoisotopic (exact) mass is 326 g/mol. The van der Waals surface area contributed by atoms with Crippen molar-refractivity contribution < 1.29 is 18.6 Å². The lowest BCUT2D eigenvalue weighted by Gasteiger charge is -2.57. The number of methoxy groups -OCH3 is 2. The molecule has 0 unspecified atom stereocenters. The normalized spacial score (nSPS) is 40.1. The summed E-state index contributed by atoms with van der Waals surface area (Å²) in [5, 5.41) is 0. The van der Waals surface area contributed by atoms with Gasteiger partial charge in [0.25, 0.3) is 0 Å². The summed E-state index contributed by atoms with van der Waals surface area (Å²) in [4.78, 5) is 0. The predicted molar refractivity (Wildman–Crippen MR) is 88.1 cm³/mol. The molecule has 1 spiro atoms. The highest BCUT2D eigenvalue weighted by Crippen LogP contribution is 2.65. The topological polar surface area (TPSA) is 36.9 Å². The first-order chi connectivity index (χ1) is 10.2. The highest BCUT2D eigenvalue weighted by atomic mass is 28.4. The van der Waals surface area contributed by atoms with E-state index in [-0.39, 0.29) is 11.5 Å². The molecule has 2 aliphatic heterocycles. The van der Waals surface area contributed by atoms with Gasteiger partial charge in [0.2, 0.25) is 14.1 Å². The summed E-state index contributed by atoms with van der Waals surface area (Å²) >= 11 is 0. The van der Waals surface area contributed by atoms with Gasteiger partial charge in [0.15, 0.2) is 5.60 Å². The van der Waals surface area contributed by atoms with E-state index in [0.29, 0.717) is 0 Å². The molecule has 1 aliphatic carbocycles. The predicted octanol–water partition coefficient (Wildman–Crippen LogP) is 3.83. The van der Waals surface area contributed by atoms with Gasteiger partial charge in [-0.3, -0.25) is 0 Å². The number of ether oxygens (including phenoxy) is 3. The lowest BCUT2D eigenvalue weighted by Crippen LogP contribution is -2.68. The first kappa shape index (κ1) is 16.5. The zero-order chi connectivity index (χ0) is 16.2. The number of fused-ring (bicyclic) bond motifs is 1. The Balaban J connectivity index is 2.14. The highest BCUT2D eigenvalue weighted by molar-refractivity contribution is 6.70. The zero-order valence-electron chi connectivity index (χ0n) is 14.8. The van der Waals surface area contributed by atoms with Crippen molar-refractivity contribution in [3.63, 3.8) is 0 Å². The Hall–Kier alpha value is -0.363. The van der Waals surface area contributed by atoms with Crippen molar-refractivity contribution in [2.75, 3.05) is 14.2 Å². The third kappa shape index (κ3) is 2.05. The van der Waals surface area contributed by atoms with Gasteiger partial charge >= 0.3 is 0 Å². The van der Waals surface area contributed by atoms with E-state index in [9.17, 15) is 0 Å². The molecular weight excluding hydrogens is 296 g/mol. The summed E-state index contributed by atoms with van der Waals surface area (Å²) < 4.78 is 25.1. The molecule has 3 rings (SSSR count). The Kier molecular flexibility index (Phi) is 3.80. The molecule has 1 saturated carbocycles. The summed E-state index contributed by atoms with van der Waals surface area (Å²) in [6.45, 7) is 8.97. The molecular formula is C17H30O4Si. The van der Waals surface area contributed by atoms with E-state index in [4.69, 9.17) is 18.6 Å². The van der Waals surface area contributed by atoms with Gasteiger partial charge in [-0.25, -0.2) is 0 Å². The minimum atomic E-state index is -1.75. The molecule has 1 saturated heterocycles. The fourth-order valence-electron chi connectivity index (χ4n) is 4.87. The maximum atomic E-state index is 6.63. The van der Waals surface area contributed by atoms with Gasteiger partial charge < -0.3 is 18.6 Å². The van der Waals surface area contributed by atoms with Gasteiger partial charge in [-0.1, -0.05) is 6.92 Å². The van der Waals surface area contributed by atoms with Crippen LogP contribution >= 0.6 is 0 Å². The molecule has 2 fully saturated rings. The first-order valence-corrected chi connectivity index (χ1v) is 11.8. The lowest BCUT2D eigenvalue weighted by molar-refractivity contribution is -0.340. The van der Waals surface area contributed by atoms with Crippen molar-refractivity contribution in [1.82, 2.24) is 0 Å². The smallest absolute Gasteiger partial charge is 0.241 e. The molecule has 0 radical (unpaired) electrons. The van der Waals surface area contributed by atoms with E-state index in [1.165, 1.54) is 0 Å². The number of rotatable bonds is 4. The van der Waals surface area contributed by atoms with Crippen LogP contribution in [-0.2, 0) is 18.6 Å². The molecule has 0 amide bonds. The Morgan fingerprint density at radius 3 is 2.45 bits per heavy atom. The van der Waals surface area contributed by atoms with E-state index in [1.807, 2.05) is 0 Å². The summed E-state index contributed by atoms with van der Waals surface area (Å²) in [5.74, 6) is 0.215. The van der Waals surface area contributed by atoms with Gasteiger partial charge in [-0.05, 0) is 51.4 Å². The van der Waals surface area contributed by atoms with E-state index in [2.05, 4.69) is 32.6 Å². The van der Waals surface area contributed by atoms with Crippen LogP contribution in [0.15, 0.2) is 11.8 Å². The van der Waals surface area contributed by atoms with Crippen LogP contribution in [-0.4, -0.2) is 40.0 Å². The minimum Gasteiger partial charge on any atom is -0.545 e. The van der Waals surface area contributed by atoms with E-state index in [0.717, 1.165) is 37.9 Å². The molecule has 0 N–H and O–H groups in total. The molecule has 4 nitrogen and oxygen atoms in total. The van der Waals surface area contributed by atoms with E-state index < -0.39 is 19.7 Å². The van der Waals surface area contributed by atoms with Crippen molar-refractivity contribution in [2.24, 2.45) is 5.41 Å². The average Bonchev–Trinajstić information content (AvgIpc) is 2.69. The Bertz CT molecular complexity index is 480. The van der Waals surface area contributed by atoms with Crippen LogP contribution in [0.1, 0.15) is 39.0 Å². The van der Waals surface area contributed by atoms with Crippen molar-refractivity contribution in [1.29, 1.82) is 0 Å². The third-order valence-electron chi connectivity index (χ3n) is 5.63. The highest BCUT2D eigenvalue weighted by Gasteiger charge is 2.73. The van der Waals surface area contributed by atoms with Crippen LogP contribution in [0.5, 0.6) is 0 Å². The third-order valence-corrected chi connectivity index (χ3v) is 6.46. The lowest BCUT2D eigenvalue weighted by atomic mass is 9.60. The second-order valence-corrected chi connectivity index (χ2v) is 12.6. The Morgan fingerprint density at radius 2 is 1.86 bits per heavy atom. The number of hydrogen-bond donors (Lipinski definition) is 0. The molecule has 0 aromatic rings. The zero-order valence-corrected chi connectivity index (χ0v) is 15.8. The molecule has 3 aliphatic rings. The Morgan fingerprint density at radius 1 is 1.18 bits per heavy atom. The average molecular weight is 327 g/mol. The largest absolute Gasteiger partial charge is 0.545 e. The van der Waals surface area contributed by atoms with Crippen LogP contribution < -0.4 is 0 Å². The first-order valence-electron chi connectivity index (χ1n) is 8.40. The van der Waals surface area contributed by atoms with Gasteiger partial charge in [0, 0.05) is 26.1 Å². The van der Waals surface area contributed by atoms with Gasteiger partial charge in [-0.2, -0.15) is 0 Å². The summed E-state index contributed by atoms with van der Waals surface area (Å²) in [6.07, 6.45) is 7.55. The second kappa shape index (κ2) is 5.07. The molecule has 3 atom stereocenters. The fourth-order valence-corrected chi connectivity index (χ4v) is 5.76. The maximum absolute atomic E-state index is 6.63. The Labute approximate surface area is 135 Å². The molecule has 126 valence electrons. The van der Waals surface area contributed by atoms with Crippen molar-refractivity contribution in [3.8, 4) is 0 Å². The van der Waals surface area contributed by atoms with E-state index >= 15 is 0 Å². The van der Waals surface area contributed by atoms with Gasteiger partial charge in [0.05, 0.1) is 6.10 Å². The molecule has 22 heavy (non-hydrogen) atoms. The van der Waals surface area contributed by atoms with Crippen molar-refractivity contribution in [3.05, 3.63) is 11.8 Å². The van der Waals surface area contributed by atoms with Crippen LogP contribution in [0.3, 0.4) is 0 Å². The van der Waals surface area contributed by atoms with Gasteiger partial charge in [-0.15, -0.1) is 0 Å². The minimum absolute atomic E-state index is 0.00389. The fraction of sp³-hybridized carbons (Fsp3) is 0.882. The maximum Gasteiger partial charge on any atom is 0.241 e. The summed E-state index contributed by atoms with van der Waals surface area (Å²) in [5.41, 5.74) is -0.602. The SMILES string of the molecule is COC1(OC)CCC[C@@]2(C)C[C@@H]3CC=C(O[Si](C)(C)C)[C@]12O3. The molecule has 2 bridgehead atoms.